The van der Waals surface area contributed by atoms with Crippen LogP contribution >= 0.6 is 11.6 Å². The zero-order valence-corrected chi connectivity index (χ0v) is 11.7. The largest absolute Gasteiger partial charge is 0.464 e. The Morgan fingerprint density at radius 2 is 2.00 bits per heavy atom. The summed E-state index contributed by atoms with van der Waals surface area (Å²) < 4.78 is 5.72. The van der Waals surface area contributed by atoms with E-state index in [1.54, 1.807) is 0 Å². The molecule has 0 saturated heterocycles. The van der Waals surface area contributed by atoms with Crippen molar-refractivity contribution in [2.45, 2.75) is 26.8 Å². The molecule has 0 aliphatic rings. The molecule has 0 aliphatic heterocycles. The van der Waals surface area contributed by atoms with Crippen LogP contribution in [0.1, 0.15) is 35.6 Å². The van der Waals surface area contributed by atoms with Gasteiger partial charge in [0.15, 0.2) is 0 Å². The maximum absolute atomic E-state index is 6.19. The van der Waals surface area contributed by atoms with Gasteiger partial charge in [-0.1, -0.05) is 30.7 Å². The molecule has 1 aromatic heterocycles. The number of benzene rings is 1. The van der Waals surface area contributed by atoms with Crippen LogP contribution in [0, 0.1) is 13.8 Å². The first-order chi connectivity index (χ1) is 8.61. The third-order valence-corrected chi connectivity index (χ3v) is 3.39. The van der Waals surface area contributed by atoms with Gasteiger partial charge in [0.1, 0.15) is 11.5 Å². The van der Waals surface area contributed by atoms with Gasteiger partial charge in [0, 0.05) is 5.02 Å². The van der Waals surface area contributed by atoms with Crippen molar-refractivity contribution in [1.29, 1.82) is 0 Å². The van der Waals surface area contributed by atoms with E-state index in [-0.39, 0.29) is 6.04 Å². The van der Waals surface area contributed by atoms with E-state index >= 15 is 0 Å². The molecule has 1 N–H and O–H groups in total. The van der Waals surface area contributed by atoms with Crippen LogP contribution in [0.3, 0.4) is 0 Å². The molecule has 1 heterocycles. The lowest BCUT2D eigenvalue weighted by Crippen LogP contribution is -2.21. The highest BCUT2D eigenvalue weighted by Crippen LogP contribution is 2.27. The smallest absolute Gasteiger partial charge is 0.125 e. The minimum atomic E-state index is 0.0572. The van der Waals surface area contributed by atoms with Crippen molar-refractivity contribution < 1.29 is 4.42 Å². The number of halogens is 1. The van der Waals surface area contributed by atoms with Crippen molar-refractivity contribution in [3.05, 3.63) is 58.0 Å². The Bertz CT molecular complexity index is 533. The molecular weight excluding hydrogens is 246 g/mol. The van der Waals surface area contributed by atoms with Gasteiger partial charge in [-0.25, -0.2) is 0 Å². The zero-order valence-electron chi connectivity index (χ0n) is 11.0. The standard InChI is InChI=1S/C15H18ClNO/c1-4-17-15(14-8-6-11(3)18-14)12-7-5-10(2)13(16)9-12/h5-9,15,17H,4H2,1-3H3. The second-order valence-electron chi connectivity index (χ2n) is 4.45. The molecule has 96 valence electrons. The van der Waals surface area contributed by atoms with Gasteiger partial charge in [-0.2, -0.15) is 0 Å². The number of hydrogen-bond donors (Lipinski definition) is 1. The summed E-state index contributed by atoms with van der Waals surface area (Å²) in [5.41, 5.74) is 2.22. The molecule has 3 heteroatoms. The van der Waals surface area contributed by atoms with Crippen molar-refractivity contribution in [3.63, 3.8) is 0 Å². The molecule has 18 heavy (non-hydrogen) atoms. The molecule has 0 bridgehead atoms. The van der Waals surface area contributed by atoms with Crippen LogP contribution in [0.15, 0.2) is 34.7 Å². The number of aryl methyl sites for hydroxylation is 2. The predicted molar refractivity (Wildman–Crippen MR) is 75.2 cm³/mol. The lowest BCUT2D eigenvalue weighted by atomic mass is 10.0. The van der Waals surface area contributed by atoms with E-state index in [0.717, 1.165) is 34.2 Å². The topological polar surface area (TPSA) is 25.2 Å². The van der Waals surface area contributed by atoms with Crippen molar-refractivity contribution in [2.75, 3.05) is 6.54 Å². The van der Waals surface area contributed by atoms with Crippen molar-refractivity contribution >= 4 is 11.6 Å². The van der Waals surface area contributed by atoms with Crippen molar-refractivity contribution in [1.82, 2.24) is 5.32 Å². The van der Waals surface area contributed by atoms with Gasteiger partial charge in [0.25, 0.3) is 0 Å². The molecule has 0 fully saturated rings. The third-order valence-electron chi connectivity index (χ3n) is 2.98. The third kappa shape index (κ3) is 2.77. The number of hydrogen-bond acceptors (Lipinski definition) is 2. The quantitative estimate of drug-likeness (QED) is 0.892. The average molecular weight is 264 g/mol. The molecule has 0 radical (unpaired) electrons. The minimum Gasteiger partial charge on any atom is -0.464 e. The number of rotatable bonds is 4. The number of nitrogens with one attached hydrogen (secondary N) is 1. The van der Waals surface area contributed by atoms with Crippen LogP contribution < -0.4 is 5.32 Å². The summed E-state index contributed by atoms with van der Waals surface area (Å²) in [5, 5.41) is 4.21. The first kappa shape index (κ1) is 13.2. The van der Waals surface area contributed by atoms with E-state index in [2.05, 4.69) is 18.3 Å². The highest BCUT2D eigenvalue weighted by atomic mass is 35.5. The van der Waals surface area contributed by atoms with E-state index in [0.29, 0.717) is 0 Å². The molecule has 1 unspecified atom stereocenters. The van der Waals surface area contributed by atoms with Crippen LogP contribution in [0.4, 0.5) is 0 Å². The fraction of sp³-hybridized carbons (Fsp3) is 0.333. The SMILES string of the molecule is CCNC(c1ccc(C)c(Cl)c1)c1ccc(C)o1. The summed E-state index contributed by atoms with van der Waals surface area (Å²) in [5.74, 6) is 1.85. The molecule has 1 atom stereocenters. The van der Waals surface area contributed by atoms with E-state index in [9.17, 15) is 0 Å². The van der Waals surface area contributed by atoms with Crippen LogP contribution in [0.5, 0.6) is 0 Å². The monoisotopic (exact) mass is 263 g/mol. The normalized spacial score (nSPS) is 12.7. The van der Waals surface area contributed by atoms with Crippen LogP contribution in [-0.4, -0.2) is 6.54 Å². The first-order valence-corrected chi connectivity index (χ1v) is 6.55. The lowest BCUT2D eigenvalue weighted by Gasteiger charge is -2.17. The Kier molecular flexibility index (Phi) is 4.10. The van der Waals surface area contributed by atoms with Crippen molar-refractivity contribution in [3.8, 4) is 0 Å². The number of furan rings is 1. The fourth-order valence-corrected chi connectivity index (χ4v) is 2.17. The molecule has 2 rings (SSSR count). The molecule has 1 aromatic carbocycles. The second kappa shape index (κ2) is 5.59. The highest BCUT2D eigenvalue weighted by Gasteiger charge is 2.17. The highest BCUT2D eigenvalue weighted by molar-refractivity contribution is 6.31. The van der Waals surface area contributed by atoms with Gasteiger partial charge < -0.3 is 9.73 Å². The van der Waals surface area contributed by atoms with Crippen LogP contribution in [0.25, 0.3) is 0 Å². The molecule has 0 saturated carbocycles. The molecule has 0 amide bonds. The molecule has 2 aromatic rings. The molecular formula is C15H18ClNO. The van der Waals surface area contributed by atoms with Gasteiger partial charge >= 0.3 is 0 Å². The molecule has 0 aliphatic carbocycles. The summed E-state index contributed by atoms with van der Waals surface area (Å²) >= 11 is 6.19. The second-order valence-corrected chi connectivity index (χ2v) is 4.85. The summed E-state index contributed by atoms with van der Waals surface area (Å²) in [6, 6.07) is 10.2. The van der Waals surface area contributed by atoms with E-state index in [4.69, 9.17) is 16.0 Å². The fourth-order valence-electron chi connectivity index (χ4n) is 1.98. The Morgan fingerprint density at radius 1 is 1.22 bits per heavy atom. The summed E-state index contributed by atoms with van der Waals surface area (Å²) in [7, 11) is 0. The Labute approximate surface area is 113 Å². The van der Waals surface area contributed by atoms with Gasteiger partial charge in [-0.05, 0) is 49.7 Å². The van der Waals surface area contributed by atoms with Crippen LogP contribution in [-0.2, 0) is 0 Å². The average Bonchev–Trinajstić information content (AvgIpc) is 2.76. The first-order valence-electron chi connectivity index (χ1n) is 6.17. The molecule has 0 spiro atoms. The van der Waals surface area contributed by atoms with E-state index < -0.39 is 0 Å². The lowest BCUT2D eigenvalue weighted by molar-refractivity contribution is 0.435. The molecule has 2 nitrogen and oxygen atoms in total. The van der Waals surface area contributed by atoms with Gasteiger partial charge in [-0.15, -0.1) is 0 Å². The summed E-state index contributed by atoms with van der Waals surface area (Å²) in [4.78, 5) is 0. The van der Waals surface area contributed by atoms with Gasteiger partial charge in [0.2, 0.25) is 0 Å². The van der Waals surface area contributed by atoms with Gasteiger partial charge in [-0.3, -0.25) is 0 Å². The van der Waals surface area contributed by atoms with Crippen LogP contribution in [0.2, 0.25) is 5.02 Å². The van der Waals surface area contributed by atoms with Crippen molar-refractivity contribution in [2.24, 2.45) is 0 Å². The zero-order chi connectivity index (χ0) is 13.1. The Hall–Kier alpha value is -1.25. The predicted octanol–water partition coefficient (Wildman–Crippen LogP) is 4.25. The summed E-state index contributed by atoms with van der Waals surface area (Å²) in [6.45, 7) is 6.91. The summed E-state index contributed by atoms with van der Waals surface area (Å²) in [6.07, 6.45) is 0. The maximum atomic E-state index is 6.19. The minimum absolute atomic E-state index is 0.0572. The van der Waals surface area contributed by atoms with E-state index in [1.807, 2.05) is 38.1 Å². The maximum Gasteiger partial charge on any atom is 0.125 e. The Morgan fingerprint density at radius 3 is 2.56 bits per heavy atom. The van der Waals surface area contributed by atoms with Gasteiger partial charge in [0.05, 0.1) is 6.04 Å². The van der Waals surface area contributed by atoms with E-state index in [1.165, 1.54) is 0 Å². The Balaban J connectivity index is 2.37.